The number of allylic oxidation sites excluding steroid dienone is 1. The summed E-state index contributed by atoms with van der Waals surface area (Å²) in [5.74, 6) is 1.29. The average molecular weight is 451 g/mol. The maximum atomic E-state index is 4.60. The van der Waals surface area contributed by atoms with Crippen LogP contribution in [0.5, 0.6) is 0 Å². The molecule has 3 atom stereocenters. The molecule has 8 nitrogen and oxygen atoms in total. The molecule has 8 heteroatoms. The predicted molar refractivity (Wildman–Crippen MR) is 140 cm³/mol. The van der Waals surface area contributed by atoms with Gasteiger partial charge in [-0.25, -0.2) is 9.98 Å². The van der Waals surface area contributed by atoms with Crippen LogP contribution in [-0.2, 0) is 6.54 Å². The monoisotopic (exact) mass is 450 g/mol. The van der Waals surface area contributed by atoms with Crippen LogP contribution in [0.2, 0.25) is 0 Å². The van der Waals surface area contributed by atoms with E-state index in [1.807, 2.05) is 26.1 Å². The largest absolute Gasteiger partial charge is 0.350 e. The summed E-state index contributed by atoms with van der Waals surface area (Å²) >= 11 is 0. The average Bonchev–Trinajstić information content (AvgIpc) is 2.80. The highest BCUT2D eigenvalue weighted by Crippen LogP contribution is 2.17. The Kier molecular flexibility index (Phi) is 9.35. The lowest BCUT2D eigenvalue weighted by Crippen LogP contribution is -2.53. The molecule has 3 N–H and O–H groups in total. The standard InChI is InChI=1S/C25H38N8/c1-19-15-29-22(4)28-11-7-10-27-18-32-12-13-33(20(2)16-32)17-23-8-6-9-24(14-23)31-25(26-5)30-21(19)3/h6,8-9,14-15,20,27H,3,5,7,10-13,16-18H2,1-2,4H3,(H,28,29)(H,30,31)/b19-15+. The van der Waals surface area contributed by atoms with E-state index in [9.17, 15) is 0 Å². The molecule has 0 spiro atoms. The number of nitrogens with zero attached hydrogens (tertiary/aromatic N) is 5. The van der Waals surface area contributed by atoms with Gasteiger partial charge in [0, 0.05) is 57.3 Å². The van der Waals surface area contributed by atoms with Crippen molar-refractivity contribution in [2.24, 2.45) is 15.0 Å². The number of anilines is 1. The van der Waals surface area contributed by atoms with Crippen molar-refractivity contribution in [1.82, 2.24) is 20.4 Å². The number of piperazine rings is 1. The lowest BCUT2D eigenvalue weighted by atomic mass is 10.1. The number of aliphatic imine (C=N–C) groups is 3. The molecule has 0 saturated carbocycles. The minimum Gasteiger partial charge on any atom is -0.350 e. The summed E-state index contributed by atoms with van der Waals surface area (Å²) in [7, 11) is 0. The molecule has 4 bridgehead atoms. The molecule has 33 heavy (non-hydrogen) atoms. The summed E-state index contributed by atoms with van der Waals surface area (Å²) in [5, 5.41) is 10.1. The first kappa shape index (κ1) is 24.8. The fourth-order valence-electron chi connectivity index (χ4n) is 3.91. The van der Waals surface area contributed by atoms with Crippen molar-refractivity contribution in [3.63, 3.8) is 0 Å². The third-order valence-corrected chi connectivity index (χ3v) is 5.96. The molecular weight excluding hydrogens is 412 g/mol. The highest BCUT2D eigenvalue weighted by molar-refractivity contribution is 5.97. The number of rotatable bonds is 0. The molecule has 3 heterocycles. The van der Waals surface area contributed by atoms with Crippen molar-refractivity contribution < 1.29 is 0 Å². The second-order valence-corrected chi connectivity index (χ2v) is 8.71. The van der Waals surface area contributed by atoms with Crippen LogP contribution in [0, 0.1) is 0 Å². The SMILES string of the molecule is C=NC1=NC(=C)/C(C)=C/NC(C)=NCCCNCN2CCN(Cc3cccc(c3)N1)C(C)C2. The first-order valence-electron chi connectivity index (χ1n) is 11.7. The van der Waals surface area contributed by atoms with E-state index >= 15 is 0 Å². The molecule has 0 aromatic heterocycles. The lowest BCUT2D eigenvalue weighted by molar-refractivity contribution is 0.0728. The Labute approximate surface area is 198 Å². The maximum Gasteiger partial charge on any atom is 0.227 e. The van der Waals surface area contributed by atoms with E-state index in [-0.39, 0.29) is 0 Å². The van der Waals surface area contributed by atoms with Gasteiger partial charge in [0.15, 0.2) is 0 Å². The molecule has 3 aliphatic rings. The zero-order chi connectivity index (χ0) is 23.6. The van der Waals surface area contributed by atoms with Crippen molar-refractivity contribution in [1.29, 1.82) is 0 Å². The van der Waals surface area contributed by atoms with Gasteiger partial charge < -0.3 is 16.0 Å². The number of guanidine groups is 1. The van der Waals surface area contributed by atoms with E-state index in [0.717, 1.165) is 69.5 Å². The first-order valence-corrected chi connectivity index (χ1v) is 11.7. The number of amidine groups is 1. The molecule has 1 saturated heterocycles. The number of benzene rings is 1. The molecule has 0 amide bonds. The van der Waals surface area contributed by atoms with Gasteiger partial charge in [-0.1, -0.05) is 18.7 Å². The Balaban J connectivity index is 1.79. The van der Waals surface area contributed by atoms with Gasteiger partial charge in [0.2, 0.25) is 5.96 Å². The zero-order valence-corrected chi connectivity index (χ0v) is 20.3. The minimum absolute atomic E-state index is 0.423. The van der Waals surface area contributed by atoms with Gasteiger partial charge in [-0.05, 0) is 63.7 Å². The van der Waals surface area contributed by atoms with Crippen LogP contribution in [0.4, 0.5) is 5.69 Å². The summed E-state index contributed by atoms with van der Waals surface area (Å²) in [6.45, 7) is 20.8. The van der Waals surface area contributed by atoms with Crippen LogP contribution >= 0.6 is 0 Å². The van der Waals surface area contributed by atoms with Gasteiger partial charge in [-0.15, -0.1) is 0 Å². The van der Waals surface area contributed by atoms with Gasteiger partial charge in [0.25, 0.3) is 0 Å². The van der Waals surface area contributed by atoms with Crippen LogP contribution in [0.25, 0.3) is 0 Å². The quantitative estimate of drug-likeness (QED) is 0.530. The third-order valence-electron chi connectivity index (χ3n) is 5.96. The number of hydrogen-bond acceptors (Lipinski definition) is 8. The predicted octanol–water partition coefficient (Wildman–Crippen LogP) is 3.04. The first-order chi connectivity index (χ1) is 15.9. The van der Waals surface area contributed by atoms with Crippen LogP contribution in [0.15, 0.2) is 63.3 Å². The Morgan fingerprint density at radius 2 is 2.06 bits per heavy atom. The summed E-state index contributed by atoms with van der Waals surface area (Å²) in [6.07, 6.45) is 2.88. The molecule has 3 unspecified atom stereocenters. The van der Waals surface area contributed by atoms with Crippen molar-refractivity contribution in [3.05, 3.63) is 53.9 Å². The number of fused-ring (bicyclic) bond motifs is 12. The normalized spacial score (nSPS) is 27.4. The number of hydrogen-bond donors (Lipinski definition) is 3. The van der Waals surface area contributed by atoms with Gasteiger partial charge in [-0.3, -0.25) is 14.8 Å². The van der Waals surface area contributed by atoms with E-state index < -0.39 is 0 Å². The Bertz CT molecular complexity index is 917. The zero-order valence-electron chi connectivity index (χ0n) is 20.3. The molecule has 1 aromatic rings. The summed E-state index contributed by atoms with van der Waals surface area (Å²) in [6, 6.07) is 8.90. The Morgan fingerprint density at radius 3 is 2.85 bits per heavy atom. The summed E-state index contributed by atoms with van der Waals surface area (Å²) in [4.78, 5) is 18.2. The maximum absolute atomic E-state index is 4.60. The van der Waals surface area contributed by atoms with E-state index in [2.05, 4.69) is 79.1 Å². The topological polar surface area (TPSA) is 79.6 Å². The van der Waals surface area contributed by atoms with E-state index in [0.29, 0.717) is 17.7 Å². The van der Waals surface area contributed by atoms with E-state index in [4.69, 9.17) is 0 Å². The Morgan fingerprint density at radius 1 is 1.21 bits per heavy atom. The fourth-order valence-corrected chi connectivity index (χ4v) is 3.91. The van der Waals surface area contributed by atoms with Crippen LogP contribution in [0.1, 0.15) is 32.8 Å². The second kappa shape index (κ2) is 12.4. The summed E-state index contributed by atoms with van der Waals surface area (Å²) < 4.78 is 0. The molecule has 4 rings (SSSR count). The fraction of sp³-hybridized carbons (Fsp3) is 0.480. The van der Waals surface area contributed by atoms with Gasteiger partial charge in [-0.2, -0.15) is 0 Å². The van der Waals surface area contributed by atoms with Crippen LogP contribution in [-0.4, -0.2) is 73.7 Å². The van der Waals surface area contributed by atoms with Crippen molar-refractivity contribution >= 4 is 24.2 Å². The molecule has 3 aliphatic heterocycles. The van der Waals surface area contributed by atoms with Gasteiger partial charge >= 0.3 is 0 Å². The van der Waals surface area contributed by atoms with Crippen molar-refractivity contribution in [2.75, 3.05) is 44.7 Å². The third kappa shape index (κ3) is 7.92. The van der Waals surface area contributed by atoms with Crippen LogP contribution in [0.3, 0.4) is 0 Å². The van der Waals surface area contributed by atoms with E-state index in [1.165, 1.54) is 5.56 Å². The van der Waals surface area contributed by atoms with Gasteiger partial charge in [0.05, 0.1) is 11.5 Å². The molecule has 1 fully saturated rings. The molecular formula is C25H38N8. The smallest absolute Gasteiger partial charge is 0.227 e. The molecule has 1 aromatic carbocycles. The molecule has 0 radical (unpaired) electrons. The highest BCUT2D eigenvalue weighted by atomic mass is 15.3. The molecule has 178 valence electrons. The van der Waals surface area contributed by atoms with Crippen LogP contribution < -0.4 is 16.0 Å². The van der Waals surface area contributed by atoms with E-state index in [1.54, 1.807) is 0 Å². The van der Waals surface area contributed by atoms with Crippen molar-refractivity contribution in [2.45, 2.75) is 39.8 Å². The second-order valence-electron chi connectivity index (χ2n) is 8.71. The number of nitrogens with one attached hydrogen (secondary N) is 3. The minimum atomic E-state index is 0.423. The highest BCUT2D eigenvalue weighted by Gasteiger charge is 2.23. The lowest BCUT2D eigenvalue weighted by Gasteiger charge is -2.40. The summed E-state index contributed by atoms with van der Waals surface area (Å²) in [5.41, 5.74) is 3.71. The Hall–Kier alpha value is -2.81. The molecule has 0 aliphatic carbocycles. The van der Waals surface area contributed by atoms with Gasteiger partial charge in [0.1, 0.15) is 0 Å². The van der Waals surface area contributed by atoms with Crippen molar-refractivity contribution in [3.8, 4) is 0 Å².